The van der Waals surface area contributed by atoms with Gasteiger partial charge in [0.25, 0.3) is 0 Å². The van der Waals surface area contributed by atoms with Crippen molar-refractivity contribution in [3.8, 4) is 0 Å². The van der Waals surface area contributed by atoms with Crippen molar-refractivity contribution >= 4 is 33.2 Å². The third-order valence-corrected chi connectivity index (χ3v) is 6.11. The first-order valence-electron chi connectivity index (χ1n) is 6.61. The van der Waals surface area contributed by atoms with Crippen LogP contribution in [0.1, 0.15) is 0 Å². The maximum absolute atomic E-state index is 12.6. The number of halogens is 2. The van der Waals surface area contributed by atoms with Crippen LogP contribution in [0.15, 0.2) is 23.1 Å². The summed E-state index contributed by atoms with van der Waals surface area (Å²) in [5.74, 6) is 0. The van der Waals surface area contributed by atoms with E-state index in [0.717, 1.165) is 6.54 Å². The number of hydrogen-bond donors (Lipinski definition) is 0. The number of ether oxygens (including phenoxy) is 1. The van der Waals surface area contributed by atoms with E-state index in [0.29, 0.717) is 37.8 Å². The largest absolute Gasteiger partial charge is 0.383 e. The number of nitrogens with zero attached hydrogens (tertiary/aromatic N) is 2. The Bertz CT molecular complexity index is 587. The van der Waals surface area contributed by atoms with Crippen LogP contribution in [0, 0.1) is 0 Å². The Morgan fingerprint density at radius 1 is 1.14 bits per heavy atom. The predicted molar refractivity (Wildman–Crippen MR) is 83.5 cm³/mol. The van der Waals surface area contributed by atoms with Crippen molar-refractivity contribution in [2.45, 2.75) is 4.90 Å². The Labute approximate surface area is 135 Å². The molecule has 0 aromatic heterocycles. The average molecular weight is 353 g/mol. The Kier molecular flexibility index (Phi) is 5.88. The summed E-state index contributed by atoms with van der Waals surface area (Å²) in [6.45, 7) is 3.79. The van der Waals surface area contributed by atoms with Crippen LogP contribution in [-0.2, 0) is 14.8 Å². The second kappa shape index (κ2) is 7.26. The lowest BCUT2D eigenvalue weighted by Gasteiger charge is -2.33. The molecule has 0 unspecified atom stereocenters. The van der Waals surface area contributed by atoms with E-state index < -0.39 is 10.0 Å². The highest BCUT2D eigenvalue weighted by Gasteiger charge is 2.28. The summed E-state index contributed by atoms with van der Waals surface area (Å²) in [6.07, 6.45) is 0. The number of hydrogen-bond acceptors (Lipinski definition) is 4. The molecule has 1 saturated heterocycles. The van der Waals surface area contributed by atoms with Crippen LogP contribution in [0.2, 0.25) is 10.0 Å². The Hall–Kier alpha value is -0.370. The van der Waals surface area contributed by atoms with Crippen molar-refractivity contribution in [2.75, 3.05) is 46.4 Å². The lowest BCUT2D eigenvalue weighted by Crippen LogP contribution is -2.49. The van der Waals surface area contributed by atoms with Gasteiger partial charge in [-0.25, -0.2) is 8.42 Å². The Morgan fingerprint density at radius 2 is 1.81 bits per heavy atom. The molecule has 0 aliphatic carbocycles. The SMILES string of the molecule is COCCN1CCN(S(=O)(=O)c2ccc(Cl)c(Cl)c2)CC1. The summed E-state index contributed by atoms with van der Waals surface area (Å²) in [6, 6.07) is 4.39. The molecule has 0 radical (unpaired) electrons. The first-order chi connectivity index (χ1) is 9.95. The highest BCUT2D eigenvalue weighted by molar-refractivity contribution is 7.89. The molecule has 0 spiro atoms. The quantitative estimate of drug-likeness (QED) is 0.812. The molecule has 118 valence electrons. The van der Waals surface area contributed by atoms with Gasteiger partial charge in [0, 0.05) is 39.8 Å². The number of methoxy groups -OCH3 is 1. The molecule has 1 fully saturated rings. The zero-order valence-corrected chi connectivity index (χ0v) is 14.1. The molecular formula is C13H18Cl2N2O3S. The molecule has 2 rings (SSSR count). The molecule has 0 saturated carbocycles. The molecule has 0 amide bonds. The highest BCUT2D eigenvalue weighted by Crippen LogP contribution is 2.26. The number of benzene rings is 1. The minimum Gasteiger partial charge on any atom is -0.383 e. The average Bonchev–Trinajstić information content (AvgIpc) is 2.48. The van der Waals surface area contributed by atoms with E-state index in [4.69, 9.17) is 27.9 Å². The van der Waals surface area contributed by atoms with Gasteiger partial charge in [0.1, 0.15) is 0 Å². The third-order valence-electron chi connectivity index (χ3n) is 3.47. The van der Waals surface area contributed by atoms with Gasteiger partial charge in [-0.3, -0.25) is 4.90 Å². The maximum atomic E-state index is 12.6. The molecule has 1 heterocycles. The van der Waals surface area contributed by atoms with Gasteiger partial charge in [-0.15, -0.1) is 0 Å². The van der Waals surface area contributed by atoms with E-state index >= 15 is 0 Å². The van der Waals surface area contributed by atoms with Crippen molar-refractivity contribution in [1.82, 2.24) is 9.21 Å². The third kappa shape index (κ3) is 4.09. The van der Waals surface area contributed by atoms with Gasteiger partial charge in [-0.1, -0.05) is 23.2 Å². The number of rotatable bonds is 5. The summed E-state index contributed by atoms with van der Waals surface area (Å²) in [5.41, 5.74) is 0. The lowest BCUT2D eigenvalue weighted by atomic mass is 10.3. The predicted octanol–water partition coefficient (Wildman–Crippen LogP) is 1.95. The van der Waals surface area contributed by atoms with Crippen molar-refractivity contribution < 1.29 is 13.2 Å². The van der Waals surface area contributed by atoms with E-state index in [1.807, 2.05) is 0 Å². The molecular weight excluding hydrogens is 335 g/mol. The molecule has 0 N–H and O–H groups in total. The fraction of sp³-hybridized carbons (Fsp3) is 0.538. The zero-order chi connectivity index (χ0) is 15.5. The van der Waals surface area contributed by atoms with E-state index in [2.05, 4.69) is 4.90 Å². The van der Waals surface area contributed by atoms with E-state index in [1.54, 1.807) is 7.11 Å². The lowest BCUT2D eigenvalue weighted by molar-refractivity contribution is 0.123. The van der Waals surface area contributed by atoms with Crippen LogP contribution >= 0.6 is 23.2 Å². The molecule has 1 aliphatic rings. The normalized spacial score (nSPS) is 18.0. The summed E-state index contributed by atoms with van der Waals surface area (Å²) < 4.78 is 31.6. The van der Waals surface area contributed by atoms with Crippen molar-refractivity contribution in [3.05, 3.63) is 28.2 Å². The second-order valence-electron chi connectivity index (χ2n) is 4.81. The van der Waals surface area contributed by atoms with Crippen LogP contribution in [0.4, 0.5) is 0 Å². The number of piperazine rings is 1. The van der Waals surface area contributed by atoms with E-state index in [-0.39, 0.29) is 9.92 Å². The fourth-order valence-electron chi connectivity index (χ4n) is 2.20. The smallest absolute Gasteiger partial charge is 0.243 e. The molecule has 1 aliphatic heterocycles. The number of sulfonamides is 1. The summed E-state index contributed by atoms with van der Waals surface area (Å²) in [7, 11) is -1.86. The first-order valence-corrected chi connectivity index (χ1v) is 8.81. The molecule has 1 aromatic carbocycles. The van der Waals surface area contributed by atoms with Gasteiger partial charge in [0.05, 0.1) is 21.5 Å². The maximum Gasteiger partial charge on any atom is 0.243 e. The van der Waals surface area contributed by atoms with Gasteiger partial charge >= 0.3 is 0 Å². The molecule has 0 bridgehead atoms. The standard InChI is InChI=1S/C13H18Cl2N2O3S/c1-20-9-8-16-4-6-17(7-5-16)21(18,19)11-2-3-12(14)13(15)10-11/h2-3,10H,4-9H2,1H3. The summed E-state index contributed by atoms with van der Waals surface area (Å²) in [5, 5.41) is 0.594. The molecule has 5 nitrogen and oxygen atoms in total. The van der Waals surface area contributed by atoms with Gasteiger partial charge < -0.3 is 4.74 Å². The second-order valence-corrected chi connectivity index (χ2v) is 7.57. The molecule has 8 heteroatoms. The highest BCUT2D eigenvalue weighted by atomic mass is 35.5. The first kappa shape index (κ1) is 17.0. The van der Waals surface area contributed by atoms with E-state index in [1.165, 1.54) is 22.5 Å². The van der Waals surface area contributed by atoms with Crippen LogP contribution in [-0.4, -0.2) is 64.1 Å². The monoisotopic (exact) mass is 352 g/mol. The van der Waals surface area contributed by atoms with Gasteiger partial charge in [-0.05, 0) is 18.2 Å². The molecule has 21 heavy (non-hydrogen) atoms. The van der Waals surface area contributed by atoms with Crippen LogP contribution < -0.4 is 0 Å². The van der Waals surface area contributed by atoms with Crippen LogP contribution in [0.5, 0.6) is 0 Å². The Balaban J connectivity index is 2.06. The van der Waals surface area contributed by atoms with E-state index in [9.17, 15) is 8.42 Å². The molecule has 1 aromatic rings. The van der Waals surface area contributed by atoms with Gasteiger partial charge in [0.2, 0.25) is 10.0 Å². The Morgan fingerprint density at radius 3 is 2.38 bits per heavy atom. The van der Waals surface area contributed by atoms with Crippen LogP contribution in [0.3, 0.4) is 0 Å². The van der Waals surface area contributed by atoms with Crippen molar-refractivity contribution in [1.29, 1.82) is 0 Å². The van der Waals surface area contributed by atoms with Crippen LogP contribution in [0.25, 0.3) is 0 Å². The minimum atomic E-state index is -3.51. The zero-order valence-electron chi connectivity index (χ0n) is 11.8. The summed E-state index contributed by atoms with van der Waals surface area (Å²) >= 11 is 11.7. The minimum absolute atomic E-state index is 0.183. The topological polar surface area (TPSA) is 49.9 Å². The fourth-order valence-corrected chi connectivity index (χ4v) is 4.01. The van der Waals surface area contributed by atoms with Gasteiger partial charge in [0.15, 0.2) is 0 Å². The summed E-state index contributed by atoms with van der Waals surface area (Å²) in [4.78, 5) is 2.37. The molecule has 0 atom stereocenters. The van der Waals surface area contributed by atoms with Gasteiger partial charge in [-0.2, -0.15) is 4.31 Å². The van der Waals surface area contributed by atoms with Crippen molar-refractivity contribution in [2.24, 2.45) is 0 Å². The van der Waals surface area contributed by atoms with Crippen molar-refractivity contribution in [3.63, 3.8) is 0 Å².